The van der Waals surface area contributed by atoms with Crippen LogP contribution in [-0.2, 0) is 6.18 Å². The van der Waals surface area contributed by atoms with Crippen molar-refractivity contribution in [2.24, 2.45) is 0 Å². The van der Waals surface area contributed by atoms with Crippen LogP contribution in [0.25, 0.3) is 0 Å². The van der Waals surface area contributed by atoms with Gasteiger partial charge in [0.2, 0.25) is 0 Å². The maximum absolute atomic E-state index is 12.9. The average molecular weight is 397 g/mol. The first-order chi connectivity index (χ1) is 13.7. The molecule has 1 heterocycles. The highest BCUT2D eigenvalue weighted by Crippen LogP contribution is 2.31. The van der Waals surface area contributed by atoms with Crippen LogP contribution in [0.4, 0.5) is 30.4 Å². The molecular formula is C20H14F3N5O. The Morgan fingerprint density at radius 1 is 1.03 bits per heavy atom. The second-order valence-corrected chi connectivity index (χ2v) is 6.03. The number of anilines is 3. The Morgan fingerprint density at radius 2 is 1.76 bits per heavy atom. The fourth-order valence-corrected chi connectivity index (χ4v) is 2.49. The predicted molar refractivity (Wildman–Crippen MR) is 101 cm³/mol. The molecular weight excluding hydrogens is 383 g/mol. The molecule has 2 aromatic carbocycles. The highest BCUT2D eigenvalue weighted by atomic mass is 19.4. The Kier molecular flexibility index (Phi) is 5.45. The van der Waals surface area contributed by atoms with Gasteiger partial charge in [-0.3, -0.25) is 4.79 Å². The number of nitriles is 1. The molecule has 0 atom stereocenters. The number of rotatable bonds is 4. The third-order valence-electron chi connectivity index (χ3n) is 3.80. The van der Waals surface area contributed by atoms with Crippen LogP contribution in [0.15, 0.2) is 54.6 Å². The Labute approximate surface area is 164 Å². The fourth-order valence-electron chi connectivity index (χ4n) is 2.49. The Hall–Kier alpha value is -3.93. The highest BCUT2D eigenvalue weighted by Gasteiger charge is 2.30. The molecule has 9 heteroatoms. The van der Waals surface area contributed by atoms with Crippen LogP contribution in [0.3, 0.4) is 0 Å². The molecule has 0 spiro atoms. The van der Waals surface area contributed by atoms with Gasteiger partial charge < -0.3 is 10.6 Å². The summed E-state index contributed by atoms with van der Waals surface area (Å²) in [7, 11) is 0. The summed E-state index contributed by atoms with van der Waals surface area (Å²) in [5.41, 5.74) is 0.339. The molecule has 0 aliphatic heterocycles. The molecule has 6 nitrogen and oxygen atoms in total. The predicted octanol–water partition coefficient (Wildman–Crippen LogP) is 4.67. The number of carbonyl (C=O) groups is 1. The van der Waals surface area contributed by atoms with Crippen molar-refractivity contribution in [3.8, 4) is 6.07 Å². The number of hydrogen-bond acceptors (Lipinski definition) is 5. The van der Waals surface area contributed by atoms with Crippen LogP contribution in [0.5, 0.6) is 0 Å². The zero-order valence-electron chi connectivity index (χ0n) is 15.1. The molecule has 1 amide bonds. The summed E-state index contributed by atoms with van der Waals surface area (Å²) in [4.78, 5) is 20.6. The molecule has 0 saturated carbocycles. The number of amides is 1. The zero-order chi connectivity index (χ0) is 21.0. The normalized spacial score (nSPS) is 10.9. The number of aromatic nitrogens is 2. The number of nitrogens with zero attached hydrogens (tertiary/aromatic N) is 3. The molecule has 1 aromatic heterocycles. The van der Waals surface area contributed by atoms with Gasteiger partial charge in [0.25, 0.3) is 5.91 Å². The summed E-state index contributed by atoms with van der Waals surface area (Å²) in [5, 5.41) is 14.2. The molecule has 2 N–H and O–H groups in total. The molecule has 0 saturated heterocycles. The van der Waals surface area contributed by atoms with Gasteiger partial charge in [-0.25, -0.2) is 9.97 Å². The van der Waals surface area contributed by atoms with E-state index < -0.39 is 17.6 Å². The van der Waals surface area contributed by atoms with Crippen LogP contribution < -0.4 is 10.6 Å². The monoisotopic (exact) mass is 397 g/mol. The maximum Gasteiger partial charge on any atom is 0.416 e. The van der Waals surface area contributed by atoms with E-state index in [1.165, 1.54) is 18.2 Å². The van der Waals surface area contributed by atoms with Crippen molar-refractivity contribution in [1.29, 1.82) is 5.26 Å². The lowest BCUT2D eigenvalue weighted by Gasteiger charge is -2.11. The Balaban J connectivity index is 1.80. The average Bonchev–Trinajstić information content (AvgIpc) is 2.67. The standard InChI is InChI=1S/C20H14F3N5O/c1-12-25-17(19(29)28-15-7-5-13(11-24)6-8-15)10-18(26-12)27-16-4-2-3-14(9-16)20(21,22)23/h2-10H,1H3,(H,28,29)(H,25,26,27). The van der Waals surface area contributed by atoms with E-state index in [-0.39, 0.29) is 23.0 Å². The quantitative estimate of drug-likeness (QED) is 0.668. The van der Waals surface area contributed by atoms with Crippen molar-refractivity contribution in [3.63, 3.8) is 0 Å². The first-order valence-electron chi connectivity index (χ1n) is 8.36. The van der Waals surface area contributed by atoms with Gasteiger partial charge in [0, 0.05) is 17.4 Å². The van der Waals surface area contributed by atoms with Gasteiger partial charge in [0.15, 0.2) is 0 Å². The van der Waals surface area contributed by atoms with E-state index in [0.717, 1.165) is 12.1 Å². The number of aryl methyl sites for hydroxylation is 1. The second-order valence-electron chi connectivity index (χ2n) is 6.03. The van der Waals surface area contributed by atoms with Gasteiger partial charge in [-0.1, -0.05) is 6.07 Å². The van der Waals surface area contributed by atoms with E-state index >= 15 is 0 Å². The molecule has 0 bridgehead atoms. The molecule has 0 radical (unpaired) electrons. The van der Waals surface area contributed by atoms with E-state index in [0.29, 0.717) is 11.3 Å². The second kappa shape index (κ2) is 7.98. The Morgan fingerprint density at radius 3 is 2.41 bits per heavy atom. The number of alkyl halides is 3. The number of nitrogens with one attached hydrogen (secondary N) is 2. The van der Waals surface area contributed by atoms with Gasteiger partial charge in [0.1, 0.15) is 17.3 Å². The summed E-state index contributed by atoms with van der Waals surface area (Å²) in [6, 6.07) is 14.2. The smallest absolute Gasteiger partial charge is 0.340 e. The van der Waals surface area contributed by atoms with Crippen LogP contribution in [0, 0.1) is 18.3 Å². The number of benzene rings is 2. The Bertz CT molecular complexity index is 1090. The van der Waals surface area contributed by atoms with Crippen molar-refractivity contribution < 1.29 is 18.0 Å². The molecule has 0 aliphatic carbocycles. The molecule has 3 aromatic rings. The van der Waals surface area contributed by atoms with Crippen LogP contribution in [0.2, 0.25) is 0 Å². The van der Waals surface area contributed by atoms with Crippen LogP contribution in [-0.4, -0.2) is 15.9 Å². The van der Waals surface area contributed by atoms with Crippen LogP contribution >= 0.6 is 0 Å². The van der Waals surface area contributed by atoms with E-state index in [2.05, 4.69) is 20.6 Å². The lowest BCUT2D eigenvalue weighted by Crippen LogP contribution is -2.15. The van der Waals surface area contributed by atoms with E-state index in [4.69, 9.17) is 5.26 Å². The first-order valence-corrected chi connectivity index (χ1v) is 8.36. The molecule has 146 valence electrons. The number of hydrogen-bond donors (Lipinski definition) is 2. The third kappa shape index (κ3) is 5.07. The number of halogens is 3. The minimum absolute atomic E-state index is 0.0383. The summed E-state index contributed by atoms with van der Waals surface area (Å²) in [5.74, 6) is -0.0685. The van der Waals surface area contributed by atoms with Crippen molar-refractivity contribution in [1.82, 2.24) is 9.97 Å². The zero-order valence-corrected chi connectivity index (χ0v) is 15.1. The first kappa shape index (κ1) is 19.8. The summed E-state index contributed by atoms with van der Waals surface area (Å²) in [6.45, 7) is 1.57. The van der Waals surface area contributed by atoms with E-state index in [9.17, 15) is 18.0 Å². The minimum atomic E-state index is -4.47. The van der Waals surface area contributed by atoms with Crippen molar-refractivity contribution in [2.75, 3.05) is 10.6 Å². The third-order valence-corrected chi connectivity index (χ3v) is 3.80. The van der Waals surface area contributed by atoms with E-state index in [1.807, 2.05) is 6.07 Å². The lowest BCUT2D eigenvalue weighted by molar-refractivity contribution is -0.137. The topological polar surface area (TPSA) is 90.7 Å². The summed E-state index contributed by atoms with van der Waals surface area (Å²) < 4.78 is 38.6. The molecule has 3 rings (SSSR count). The number of carbonyl (C=O) groups excluding carboxylic acids is 1. The van der Waals surface area contributed by atoms with Gasteiger partial charge >= 0.3 is 6.18 Å². The van der Waals surface area contributed by atoms with Gasteiger partial charge in [-0.15, -0.1) is 0 Å². The van der Waals surface area contributed by atoms with E-state index in [1.54, 1.807) is 31.2 Å². The highest BCUT2D eigenvalue weighted by molar-refractivity contribution is 6.03. The van der Waals surface area contributed by atoms with Gasteiger partial charge in [-0.2, -0.15) is 18.4 Å². The maximum atomic E-state index is 12.9. The summed E-state index contributed by atoms with van der Waals surface area (Å²) in [6.07, 6.45) is -4.47. The van der Waals surface area contributed by atoms with Gasteiger partial charge in [0.05, 0.1) is 17.2 Å². The van der Waals surface area contributed by atoms with Crippen molar-refractivity contribution in [2.45, 2.75) is 13.1 Å². The van der Waals surface area contributed by atoms with Gasteiger partial charge in [-0.05, 0) is 49.4 Å². The molecule has 0 fully saturated rings. The molecule has 29 heavy (non-hydrogen) atoms. The van der Waals surface area contributed by atoms with Crippen LogP contribution in [0.1, 0.15) is 27.4 Å². The van der Waals surface area contributed by atoms with Crippen molar-refractivity contribution in [3.05, 3.63) is 77.2 Å². The molecule has 0 unspecified atom stereocenters. The largest absolute Gasteiger partial charge is 0.416 e. The van der Waals surface area contributed by atoms with Crippen molar-refractivity contribution >= 4 is 23.1 Å². The lowest BCUT2D eigenvalue weighted by atomic mass is 10.2. The molecule has 0 aliphatic rings. The fraction of sp³-hybridized carbons (Fsp3) is 0.100. The SMILES string of the molecule is Cc1nc(Nc2cccc(C(F)(F)F)c2)cc(C(=O)Nc2ccc(C#N)cc2)n1. The minimum Gasteiger partial charge on any atom is -0.340 e. The summed E-state index contributed by atoms with van der Waals surface area (Å²) >= 11 is 0.